The molecule has 2 aromatic rings. The number of carbonyl (C=O) groups is 2. The van der Waals surface area contributed by atoms with Crippen LogP contribution in [0.2, 0.25) is 10.0 Å². The van der Waals surface area contributed by atoms with E-state index in [4.69, 9.17) is 23.2 Å². The Hall–Kier alpha value is -2.04. The molecule has 0 radical (unpaired) electrons. The molecule has 0 aliphatic carbocycles. The molecule has 0 saturated carbocycles. The van der Waals surface area contributed by atoms with Crippen LogP contribution < -0.4 is 10.6 Å². The van der Waals surface area contributed by atoms with E-state index in [-0.39, 0.29) is 17.9 Å². The molecular formula is C18H18Cl2N2O2. The number of nitrogens with one attached hydrogen (secondary N) is 2. The summed E-state index contributed by atoms with van der Waals surface area (Å²) in [6, 6.07) is 11.4. The summed E-state index contributed by atoms with van der Waals surface area (Å²) >= 11 is 11.9. The second-order valence-corrected chi connectivity index (χ2v) is 6.29. The highest BCUT2D eigenvalue weighted by atomic mass is 35.5. The molecule has 1 unspecified atom stereocenters. The van der Waals surface area contributed by atoms with Crippen LogP contribution in [0.4, 0.5) is 5.69 Å². The number of benzene rings is 2. The first-order valence-corrected chi connectivity index (χ1v) is 8.33. The zero-order chi connectivity index (χ0) is 17.7. The van der Waals surface area contributed by atoms with Crippen LogP contribution in [0.15, 0.2) is 42.5 Å². The molecule has 0 aliphatic rings. The lowest BCUT2D eigenvalue weighted by atomic mass is 10.1. The van der Waals surface area contributed by atoms with Crippen molar-refractivity contribution >= 4 is 40.7 Å². The van der Waals surface area contributed by atoms with Crippen molar-refractivity contribution in [3.8, 4) is 0 Å². The van der Waals surface area contributed by atoms with Gasteiger partial charge in [-0.15, -0.1) is 0 Å². The second kappa shape index (κ2) is 8.18. The van der Waals surface area contributed by atoms with Crippen molar-refractivity contribution in [2.45, 2.75) is 26.3 Å². The van der Waals surface area contributed by atoms with Crippen LogP contribution in [0.5, 0.6) is 0 Å². The van der Waals surface area contributed by atoms with Gasteiger partial charge in [-0.2, -0.15) is 0 Å². The molecule has 0 saturated heterocycles. The van der Waals surface area contributed by atoms with Crippen LogP contribution >= 0.6 is 23.2 Å². The summed E-state index contributed by atoms with van der Waals surface area (Å²) in [6.45, 7) is 3.92. The van der Waals surface area contributed by atoms with Crippen LogP contribution in [-0.2, 0) is 0 Å². The molecule has 0 fully saturated rings. The SMILES string of the molecule is CCC(C)NC(=O)c1cccc(C(=O)Nc2ccc(Cl)cc2Cl)c1. The standard InChI is InChI=1S/C18H18Cl2N2O2/c1-3-11(2)21-17(23)12-5-4-6-13(9-12)18(24)22-16-8-7-14(19)10-15(16)20/h4-11H,3H2,1-2H3,(H,21,23)(H,22,24). The van der Waals surface area contributed by atoms with Gasteiger partial charge in [0.1, 0.15) is 0 Å². The van der Waals surface area contributed by atoms with E-state index in [0.717, 1.165) is 6.42 Å². The number of hydrogen-bond acceptors (Lipinski definition) is 2. The average molecular weight is 365 g/mol. The van der Waals surface area contributed by atoms with Gasteiger partial charge in [0.15, 0.2) is 0 Å². The number of hydrogen-bond donors (Lipinski definition) is 2. The van der Waals surface area contributed by atoms with Gasteiger partial charge in [0.05, 0.1) is 10.7 Å². The molecule has 0 bridgehead atoms. The van der Waals surface area contributed by atoms with E-state index in [9.17, 15) is 9.59 Å². The Bertz CT molecular complexity index is 762. The number of rotatable bonds is 5. The lowest BCUT2D eigenvalue weighted by Crippen LogP contribution is -2.32. The van der Waals surface area contributed by atoms with Crippen LogP contribution in [0.3, 0.4) is 0 Å². The molecule has 2 amide bonds. The summed E-state index contributed by atoms with van der Waals surface area (Å²) in [4.78, 5) is 24.5. The number of anilines is 1. The highest BCUT2D eigenvalue weighted by molar-refractivity contribution is 6.36. The Morgan fingerprint density at radius 2 is 1.71 bits per heavy atom. The maximum Gasteiger partial charge on any atom is 0.255 e. The quantitative estimate of drug-likeness (QED) is 0.802. The van der Waals surface area contributed by atoms with Crippen molar-refractivity contribution in [2.75, 3.05) is 5.32 Å². The van der Waals surface area contributed by atoms with Gasteiger partial charge >= 0.3 is 0 Å². The zero-order valence-electron chi connectivity index (χ0n) is 13.4. The third kappa shape index (κ3) is 4.73. The average Bonchev–Trinajstić information content (AvgIpc) is 2.57. The zero-order valence-corrected chi connectivity index (χ0v) is 14.9. The molecule has 2 aromatic carbocycles. The first-order valence-electron chi connectivity index (χ1n) is 7.58. The monoisotopic (exact) mass is 364 g/mol. The largest absolute Gasteiger partial charge is 0.350 e. The maximum absolute atomic E-state index is 12.4. The van der Waals surface area contributed by atoms with E-state index in [0.29, 0.717) is 26.9 Å². The molecule has 0 heterocycles. The van der Waals surface area contributed by atoms with Gasteiger partial charge in [-0.3, -0.25) is 9.59 Å². The van der Waals surface area contributed by atoms with Crippen molar-refractivity contribution < 1.29 is 9.59 Å². The Morgan fingerprint density at radius 3 is 2.33 bits per heavy atom. The van der Waals surface area contributed by atoms with Crippen molar-refractivity contribution in [1.29, 1.82) is 0 Å². The van der Waals surface area contributed by atoms with E-state index in [1.54, 1.807) is 42.5 Å². The molecule has 2 N–H and O–H groups in total. The van der Waals surface area contributed by atoms with Gasteiger partial charge in [-0.05, 0) is 49.7 Å². The topological polar surface area (TPSA) is 58.2 Å². The molecule has 6 heteroatoms. The number of amides is 2. The van der Waals surface area contributed by atoms with E-state index in [1.807, 2.05) is 13.8 Å². The second-order valence-electron chi connectivity index (χ2n) is 5.44. The van der Waals surface area contributed by atoms with Gasteiger partial charge in [-0.25, -0.2) is 0 Å². The maximum atomic E-state index is 12.4. The smallest absolute Gasteiger partial charge is 0.255 e. The number of carbonyl (C=O) groups excluding carboxylic acids is 2. The van der Waals surface area contributed by atoms with E-state index < -0.39 is 0 Å². The number of halogens is 2. The van der Waals surface area contributed by atoms with Crippen molar-refractivity contribution in [2.24, 2.45) is 0 Å². The molecule has 126 valence electrons. The Morgan fingerprint density at radius 1 is 1.04 bits per heavy atom. The lowest BCUT2D eigenvalue weighted by molar-refractivity contribution is 0.0939. The molecule has 0 aliphatic heterocycles. The fourth-order valence-electron chi connectivity index (χ4n) is 2.00. The fourth-order valence-corrected chi connectivity index (χ4v) is 2.45. The van der Waals surface area contributed by atoms with Crippen LogP contribution in [0, 0.1) is 0 Å². The highest BCUT2D eigenvalue weighted by Crippen LogP contribution is 2.25. The summed E-state index contributed by atoms with van der Waals surface area (Å²) in [5.41, 5.74) is 1.27. The minimum absolute atomic E-state index is 0.0721. The predicted octanol–water partition coefficient (Wildman–Crippen LogP) is 4.77. The summed E-state index contributed by atoms with van der Waals surface area (Å²) in [6.07, 6.45) is 0.834. The minimum Gasteiger partial charge on any atom is -0.350 e. The Labute approximate surface area is 151 Å². The first-order chi connectivity index (χ1) is 11.4. The van der Waals surface area contributed by atoms with Crippen LogP contribution in [0.1, 0.15) is 41.0 Å². The van der Waals surface area contributed by atoms with Gasteiger partial charge in [0.25, 0.3) is 11.8 Å². The first kappa shape index (κ1) is 18.3. The molecular weight excluding hydrogens is 347 g/mol. The van der Waals surface area contributed by atoms with Gasteiger partial charge < -0.3 is 10.6 Å². The molecule has 4 nitrogen and oxygen atoms in total. The normalized spacial score (nSPS) is 11.7. The van der Waals surface area contributed by atoms with E-state index in [2.05, 4.69) is 10.6 Å². The fraction of sp³-hybridized carbons (Fsp3) is 0.222. The summed E-state index contributed by atoms with van der Waals surface area (Å²) in [5, 5.41) is 6.42. The predicted molar refractivity (Wildman–Crippen MR) is 98.1 cm³/mol. The van der Waals surface area contributed by atoms with Crippen molar-refractivity contribution in [3.05, 3.63) is 63.6 Å². The van der Waals surface area contributed by atoms with Crippen molar-refractivity contribution in [1.82, 2.24) is 5.32 Å². The Kier molecular flexibility index (Phi) is 6.23. The highest BCUT2D eigenvalue weighted by Gasteiger charge is 2.13. The summed E-state index contributed by atoms with van der Waals surface area (Å²) in [5.74, 6) is -0.555. The van der Waals surface area contributed by atoms with Gasteiger partial charge in [-0.1, -0.05) is 36.2 Å². The van der Waals surface area contributed by atoms with Crippen molar-refractivity contribution in [3.63, 3.8) is 0 Å². The third-order valence-corrected chi connectivity index (χ3v) is 4.10. The third-order valence-electron chi connectivity index (χ3n) is 3.56. The summed E-state index contributed by atoms with van der Waals surface area (Å²) in [7, 11) is 0. The van der Waals surface area contributed by atoms with Crippen LogP contribution in [-0.4, -0.2) is 17.9 Å². The Balaban J connectivity index is 2.15. The van der Waals surface area contributed by atoms with E-state index in [1.165, 1.54) is 0 Å². The molecule has 2 rings (SSSR count). The van der Waals surface area contributed by atoms with Gasteiger partial charge in [0.2, 0.25) is 0 Å². The minimum atomic E-state index is -0.350. The molecule has 1 atom stereocenters. The molecule has 24 heavy (non-hydrogen) atoms. The van der Waals surface area contributed by atoms with Crippen LogP contribution in [0.25, 0.3) is 0 Å². The molecule has 0 spiro atoms. The molecule has 0 aromatic heterocycles. The van der Waals surface area contributed by atoms with Gasteiger partial charge in [0, 0.05) is 22.2 Å². The summed E-state index contributed by atoms with van der Waals surface area (Å²) < 4.78 is 0. The lowest BCUT2D eigenvalue weighted by Gasteiger charge is -2.12. The van der Waals surface area contributed by atoms with E-state index >= 15 is 0 Å².